The maximum absolute atomic E-state index is 6.19. The molecule has 0 bridgehead atoms. The Labute approximate surface area is 127 Å². The van der Waals surface area contributed by atoms with E-state index < -0.39 is 0 Å². The third-order valence-electron chi connectivity index (χ3n) is 3.14. The average molecular weight is 300 g/mol. The van der Waals surface area contributed by atoms with Crippen molar-refractivity contribution in [1.29, 1.82) is 0 Å². The molecular formula is C17H14ClNS. The summed E-state index contributed by atoms with van der Waals surface area (Å²) in [7, 11) is 0. The van der Waals surface area contributed by atoms with Gasteiger partial charge in [-0.3, -0.25) is 0 Å². The molecule has 1 heterocycles. The first-order valence-electron chi connectivity index (χ1n) is 6.45. The van der Waals surface area contributed by atoms with Gasteiger partial charge in [-0.05, 0) is 29.1 Å². The lowest BCUT2D eigenvalue weighted by Crippen LogP contribution is -2.01. The molecule has 0 atom stereocenters. The van der Waals surface area contributed by atoms with Crippen LogP contribution in [0.15, 0.2) is 66.0 Å². The number of rotatable bonds is 4. The molecule has 0 saturated heterocycles. The molecule has 0 saturated carbocycles. The number of benzene rings is 2. The van der Waals surface area contributed by atoms with Crippen molar-refractivity contribution in [3.05, 3.63) is 76.6 Å². The predicted molar refractivity (Wildman–Crippen MR) is 88.5 cm³/mol. The van der Waals surface area contributed by atoms with Gasteiger partial charge < -0.3 is 5.32 Å². The van der Waals surface area contributed by atoms with Gasteiger partial charge in [0.15, 0.2) is 0 Å². The van der Waals surface area contributed by atoms with Crippen molar-refractivity contribution in [2.45, 2.75) is 6.54 Å². The van der Waals surface area contributed by atoms with Gasteiger partial charge in [0.1, 0.15) is 0 Å². The van der Waals surface area contributed by atoms with Gasteiger partial charge in [-0.1, -0.05) is 54.1 Å². The summed E-state index contributed by atoms with van der Waals surface area (Å²) < 4.78 is 0. The molecule has 3 aromatic rings. The summed E-state index contributed by atoms with van der Waals surface area (Å²) in [5.41, 5.74) is 3.47. The number of hydrogen-bond donors (Lipinski definition) is 1. The van der Waals surface area contributed by atoms with E-state index in [0.717, 1.165) is 22.8 Å². The fraction of sp³-hybridized carbons (Fsp3) is 0.0588. The quantitative estimate of drug-likeness (QED) is 0.653. The van der Waals surface area contributed by atoms with Gasteiger partial charge in [-0.25, -0.2) is 0 Å². The molecule has 0 fully saturated rings. The van der Waals surface area contributed by atoms with E-state index in [1.165, 1.54) is 10.4 Å². The number of anilines is 1. The molecule has 0 aliphatic carbocycles. The van der Waals surface area contributed by atoms with Gasteiger partial charge in [0, 0.05) is 27.7 Å². The molecule has 0 aliphatic rings. The fourth-order valence-electron chi connectivity index (χ4n) is 2.12. The number of para-hydroxylation sites is 1. The van der Waals surface area contributed by atoms with Crippen LogP contribution < -0.4 is 5.32 Å². The predicted octanol–water partition coefficient (Wildman–Crippen LogP) is 5.68. The number of halogens is 1. The molecule has 0 amide bonds. The molecule has 3 rings (SSSR count). The number of nitrogens with one attached hydrogen (secondary N) is 1. The van der Waals surface area contributed by atoms with Gasteiger partial charge in [-0.2, -0.15) is 0 Å². The molecule has 1 aromatic heterocycles. The molecule has 1 N–H and O–H groups in total. The van der Waals surface area contributed by atoms with E-state index in [-0.39, 0.29) is 0 Å². The topological polar surface area (TPSA) is 12.0 Å². The maximum Gasteiger partial charge on any atom is 0.0455 e. The van der Waals surface area contributed by atoms with E-state index in [9.17, 15) is 0 Å². The lowest BCUT2D eigenvalue weighted by Gasteiger charge is -2.12. The third-order valence-corrected chi connectivity index (χ3v) is 4.41. The van der Waals surface area contributed by atoms with Crippen LogP contribution in [0.5, 0.6) is 0 Å². The van der Waals surface area contributed by atoms with Crippen LogP contribution in [0, 0.1) is 0 Å². The van der Waals surface area contributed by atoms with Crippen LogP contribution in [0.25, 0.3) is 10.4 Å². The van der Waals surface area contributed by atoms with Crippen LogP contribution >= 0.6 is 22.9 Å². The number of thiophene rings is 1. The fourth-order valence-corrected chi connectivity index (χ4v) is 3.08. The molecule has 1 nitrogen and oxygen atoms in total. The summed E-state index contributed by atoms with van der Waals surface area (Å²) >= 11 is 7.94. The summed E-state index contributed by atoms with van der Waals surface area (Å²) in [6.45, 7) is 0.724. The molecule has 3 heteroatoms. The molecule has 0 spiro atoms. The monoisotopic (exact) mass is 299 g/mol. The standard InChI is InChI=1S/C17H14ClNS/c18-15-8-3-1-6-13(15)12-19-16-9-4-2-7-14(16)17-10-5-11-20-17/h1-11,19H,12H2. The normalized spacial score (nSPS) is 10.4. The summed E-state index contributed by atoms with van der Waals surface area (Å²) in [6.07, 6.45) is 0. The van der Waals surface area contributed by atoms with Gasteiger partial charge in [0.05, 0.1) is 0 Å². The minimum Gasteiger partial charge on any atom is -0.380 e. The Hall–Kier alpha value is -1.77. The van der Waals surface area contributed by atoms with Crippen molar-refractivity contribution in [3.8, 4) is 10.4 Å². The lowest BCUT2D eigenvalue weighted by atomic mass is 10.1. The highest BCUT2D eigenvalue weighted by Crippen LogP contribution is 2.31. The highest BCUT2D eigenvalue weighted by atomic mass is 35.5. The lowest BCUT2D eigenvalue weighted by molar-refractivity contribution is 1.15. The summed E-state index contributed by atoms with van der Waals surface area (Å²) in [6, 6.07) is 20.5. The van der Waals surface area contributed by atoms with Crippen LogP contribution in [0.4, 0.5) is 5.69 Å². The second-order valence-electron chi connectivity index (χ2n) is 4.47. The summed E-state index contributed by atoms with van der Waals surface area (Å²) in [4.78, 5) is 1.27. The molecule has 100 valence electrons. The van der Waals surface area contributed by atoms with Crippen molar-refractivity contribution < 1.29 is 0 Å². The molecule has 0 radical (unpaired) electrons. The number of hydrogen-bond acceptors (Lipinski definition) is 2. The summed E-state index contributed by atoms with van der Waals surface area (Å²) in [5.74, 6) is 0. The second kappa shape index (κ2) is 6.12. The molecule has 20 heavy (non-hydrogen) atoms. The SMILES string of the molecule is Clc1ccccc1CNc1ccccc1-c1cccs1. The van der Waals surface area contributed by atoms with E-state index in [4.69, 9.17) is 11.6 Å². The van der Waals surface area contributed by atoms with Crippen LogP contribution in [0.3, 0.4) is 0 Å². The van der Waals surface area contributed by atoms with Crippen LogP contribution in [0.2, 0.25) is 5.02 Å². The highest BCUT2D eigenvalue weighted by Gasteiger charge is 2.06. The third kappa shape index (κ3) is 2.87. The average Bonchev–Trinajstić information content (AvgIpc) is 3.01. The van der Waals surface area contributed by atoms with Crippen LogP contribution in [0.1, 0.15) is 5.56 Å². The second-order valence-corrected chi connectivity index (χ2v) is 5.82. The molecule has 0 aliphatic heterocycles. The Morgan fingerprint density at radius 3 is 2.50 bits per heavy atom. The van der Waals surface area contributed by atoms with E-state index in [2.05, 4.69) is 41.0 Å². The largest absolute Gasteiger partial charge is 0.380 e. The summed E-state index contributed by atoms with van der Waals surface area (Å²) in [5, 5.41) is 6.38. The zero-order chi connectivity index (χ0) is 13.8. The Morgan fingerprint density at radius 1 is 0.900 bits per heavy atom. The first kappa shape index (κ1) is 13.2. The Morgan fingerprint density at radius 2 is 1.70 bits per heavy atom. The van der Waals surface area contributed by atoms with E-state index >= 15 is 0 Å². The van der Waals surface area contributed by atoms with Crippen molar-refractivity contribution in [2.24, 2.45) is 0 Å². The van der Waals surface area contributed by atoms with E-state index in [1.54, 1.807) is 11.3 Å². The smallest absolute Gasteiger partial charge is 0.0455 e. The van der Waals surface area contributed by atoms with Gasteiger partial charge in [0.2, 0.25) is 0 Å². The maximum atomic E-state index is 6.19. The first-order valence-corrected chi connectivity index (χ1v) is 7.70. The molecular weight excluding hydrogens is 286 g/mol. The van der Waals surface area contributed by atoms with Crippen LogP contribution in [-0.4, -0.2) is 0 Å². The van der Waals surface area contributed by atoms with Gasteiger partial charge >= 0.3 is 0 Å². The van der Waals surface area contributed by atoms with E-state index in [0.29, 0.717) is 0 Å². The van der Waals surface area contributed by atoms with E-state index in [1.807, 2.05) is 30.3 Å². The molecule has 2 aromatic carbocycles. The van der Waals surface area contributed by atoms with Crippen molar-refractivity contribution >= 4 is 28.6 Å². The highest BCUT2D eigenvalue weighted by molar-refractivity contribution is 7.13. The zero-order valence-electron chi connectivity index (χ0n) is 10.8. The van der Waals surface area contributed by atoms with Gasteiger partial charge in [0.25, 0.3) is 0 Å². The Kier molecular flexibility index (Phi) is 4.05. The zero-order valence-corrected chi connectivity index (χ0v) is 12.4. The van der Waals surface area contributed by atoms with Crippen molar-refractivity contribution in [3.63, 3.8) is 0 Å². The van der Waals surface area contributed by atoms with Crippen LogP contribution in [-0.2, 0) is 6.54 Å². The minimum absolute atomic E-state index is 0.724. The molecule has 0 unspecified atom stereocenters. The minimum atomic E-state index is 0.724. The van der Waals surface area contributed by atoms with Crippen molar-refractivity contribution in [2.75, 3.05) is 5.32 Å². The van der Waals surface area contributed by atoms with Crippen molar-refractivity contribution in [1.82, 2.24) is 0 Å². The Bertz CT molecular complexity index is 692. The first-order chi connectivity index (χ1) is 9.84. The Balaban J connectivity index is 1.84. The van der Waals surface area contributed by atoms with Gasteiger partial charge in [-0.15, -0.1) is 11.3 Å².